The molecule has 2 aliphatic rings. The molecule has 7 unspecified atom stereocenters. The van der Waals surface area contributed by atoms with Crippen LogP contribution in [-0.4, -0.2) is 73.6 Å². The first kappa shape index (κ1) is 45.5. The van der Waals surface area contributed by atoms with E-state index < -0.39 is 55.3 Å². The number of hydrogen-bond donors (Lipinski definition) is 1. The predicted octanol–water partition coefficient (Wildman–Crippen LogP) is 8.98. The van der Waals surface area contributed by atoms with Crippen LogP contribution < -0.4 is 0 Å². The molecule has 0 saturated carbocycles. The van der Waals surface area contributed by atoms with Crippen LogP contribution >= 0.6 is 0 Å². The number of rotatable bonds is 22. The SMILES string of the molecule is OC1OC(CO[C@H]2C[C@@H](OCc3ccccc3)C(OCc3ccccc3)C(COCc3ccccc3)O2)C(OCc2ccccc2)C(OCc2ccccc2)C1OCc1ccccc1. The number of hydrogen-bond acceptors (Lipinski definition) is 10. The van der Waals surface area contributed by atoms with Crippen molar-refractivity contribution in [3.8, 4) is 0 Å². The highest BCUT2D eigenvalue weighted by molar-refractivity contribution is 5.18. The van der Waals surface area contributed by atoms with Crippen LogP contribution in [0.1, 0.15) is 39.8 Å². The summed E-state index contributed by atoms with van der Waals surface area (Å²) in [5.74, 6) is 0. The van der Waals surface area contributed by atoms with Crippen LogP contribution in [0.4, 0.5) is 0 Å². The van der Waals surface area contributed by atoms with Gasteiger partial charge in [0.05, 0.1) is 59.0 Å². The molecular weight excluding hydrogens is 809 g/mol. The summed E-state index contributed by atoms with van der Waals surface area (Å²) in [5, 5.41) is 11.7. The summed E-state index contributed by atoms with van der Waals surface area (Å²) in [5.41, 5.74) is 6.03. The fourth-order valence-electron chi connectivity index (χ4n) is 8.02. The van der Waals surface area contributed by atoms with E-state index in [0.29, 0.717) is 26.2 Å². The molecule has 2 fully saturated rings. The molecular formula is C54H58O10. The zero-order chi connectivity index (χ0) is 43.6. The molecule has 6 aromatic rings. The summed E-state index contributed by atoms with van der Waals surface area (Å²) < 4.78 is 59.5. The molecule has 6 aromatic carbocycles. The first-order valence-electron chi connectivity index (χ1n) is 22.1. The van der Waals surface area contributed by atoms with E-state index in [-0.39, 0.29) is 33.0 Å². The molecule has 10 heteroatoms. The third-order valence-electron chi connectivity index (χ3n) is 11.4. The number of aliphatic hydroxyl groups is 1. The molecule has 334 valence electrons. The molecule has 0 radical (unpaired) electrons. The minimum absolute atomic E-state index is 0.0102. The van der Waals surface area contributed by atoms with Gasteiger partial charge in [0.2, 0.25) is 0 Å². The van der Waals surface area contributed by atoms with Gasteiger partial charge >= 0.3 is 0 Å². The van der Waals surface area contributed by atoms with Gasteiger partial charge in [-0.15, -0.1) is 0 Å². The lowest BCUT2D eigenvalue weighted by Gasteiger charge is -2.45. The van der Waals surface area contributed by atoms with Gasteiger partial charge in [-0.2, -0.15) is 0 Å². The monoisotopic (exact) mass is 866 g/mol. The van der Waals surface area contributed by atoms with E-state index in [0.717, 1.165) is 33.4 Å². The van der Waals surface area contributed by atoms with E-state index in [1.54, 1.807) is 0 Å². The summed E-state index contributed by atoms with van der Waals surface area (Å²) in [6.45, 7) is 2.17. The van der Waals surface area contributed by atoms with Crippen LogP contribution in [0.2, 0.25) is 0 Å². The zero-order valence-electron chi connectivity index (χ0n) is 36.0. The Hall–Kier alpha value is -5.08. The highest BCUT2D eigenvalue weighted by Gasteiger charge is 2.49. The predicted molar refractivity (Wildman–Crippen MR) is 241 cm³/mol. The lowest BCUT2D eigenvalue weighted by molar-refractivity contribution is -0.330. The Kier molecular flexibility index (Phi) is 17.3. The molecule has 0 aliphatic carbocycles. The normalized spacial score (nSPS) is 24.6. The quantitative estimate of drug-likeness (QED) is 0.0712. The molecule has 1 N–H and O–H groups in total. The molecule has 0 bridgehead atoms. The van der Waals surface area contributed by atoms with Crippen molar-refractivity contribution in [2.75, 3.05) is 13.2 Å². The fraction of sp³-hybridized carbons (Fsp3) is 0.333. The number of benzene rings is 6. The smallest absolute Gasteiger partial charge is 0.184 e. The molecule has 64 heavy (non-hydrogen) atoms. The second kappa shape index (κ2) is 24.3. The third kappa shape index (κ3) is 13.5. The molecule has 0 aromatic heterocycles. The maximum atomic E-state index is 11.7. The van der Waals surface area contributed by atoms with Crippen LogP contribution in [0.3, 0.4) is 0 Å². The minimum Gasteiger partial charge on any atom is -0.374 e. The average molecular weight is 867 g/mol. The number of aliphatic hydroxyl groups excluding tert-OH is 1. The Bertz CT molecular complexity index is 2170. The Morgan fingerprint density at radius 2 is 0.719 bits per heavy atom. The van der Waals surface area contributed by atoms with E-state index in [1.807, 2.05) is 182 Å². The van der Waals surface area contributed by atoms with Crippen molar-refractivity contribution in [2.45, 2.75) is 101 Å². The van der Waals surface area contributed by atoms with Crippen LogP contribution in [-0.2, 0) is 82.3 Å². The standard InChI is InChI=1S/C54H58O10/c55-54-53(62-37-45-29-17-6-18-30-45)52(61-36-44-27-15-5-16-28-44)51(60-35-43-25-13-4-14-26-43)48(64-54)39-58-49-31-46(57-33-41-21-9-2-10-22-41)50(59-34-42-23-11-3-12-24-42)47(63-49)38-56-32-40-19-7-1-8-20-40/h1-30,46-55H,31-39H2/t46-,47?,48?,49-,50?,51?,52?,53?,54?/m1/s1. The topological polar surface area (TPSA) is 103 Å². The van der Waals surface area contributed by atoms with Gasteiger partial charge in [0.1, 0.15) is 36.6 Å². The van der Waals surface area contributed by atoms with Gasteiger partial charge in [0, 0.05) is 6.42 Å². The second-order valence-corrected chi connectivity index (χ2v) is 16.1. The van der Waals surface area contributed by atoms with E-state index in [4.69, 9.17) is 42.6 Å². The molecule has 10 nitrogen and oxygen atoms in total. The maximum absolute atomic E-state index is 11.7. The van der Waals surface area contributed by atoms with Gasteiger partial charge in [0.25, 0.3) is 0 Å². The van der Waals surface area contributed by atoms with E-state index in [9.17, 15) is 5.11 Å². The Labute approximate surface area is 376 Å². The molecule has 2 heterocycles. The maximum Gasteiger partial charge on any atom is 0.184 e. The molecule has 2 aliphatic heterocycles. The van der Waals surface area contributed by atoms with E-state index >= 15 is 0 Å². The first-order valence-corrected chi connectivity index (χ1v) is 22.1. The van der Waals surface area contributed by atoms with Crippen LogP contribution in [0, 0.1) is 0 Å². The minimum atomic E-state index is -1.35. The highest BCUT2D eigenvalue weighted by Crippen LogP contribution is 2.33. The Balaban J connectivity index is 1.03. The lowest BCUT2D eigenvalue weighted by atomic mass is 9.97. The summed E-state index contributed by atoms with van der Waals surface area (Å²) in [6.07, 6.45) is -6.28. The zero-order valence-corrected chi connectivity index (χ0v) is 36.0. The van der Waals surface area contributed by atoms with Gasteiger partial charge < -0.3 is 47.7 Å². The van der Waals surface area contributed by atoms with Crippen molar-refractivity contribution in [2.24, 2.45) is 0 Å². The van der Waals surface area contributed by atoms with Gasteiger partial charge in [-0.1, -0.05) is 182 Å². The first-order chi connectivity index (χ1) is 31.6. The molecule has 2 saturated heterocycles. The van der Waals surface area contributed by atoms with Crippen molar-refractivity contribution >= 4 is 0 Å². The van der Waals surface area contributed by atoms with Crippen LogP contribution in [0.25, 0.3) is 0 Å². The van der Waals surface area contributed by atoms with Crippen molar-refractivity contribution in [3.63, 3.8) is 0 Å². The summed E-state index contributed by atoms with van der Waals surface area (Å²) in [4.78, 5) is 0. The average Bonchev–Trinajstić information content (AvgIpc) is 3.35. The Morgan fingerprint density at radius 3 is 1.17 bits per heavy atom. The van der Waals surface area contributed by atoms with Crippen molar-refractivity contribution in [3.05, 3.63) is 215 Å². The Morgan fingerprint density at radius 1 is 0.359 bits per heavy atom. The fourth-order valence-corrected chi connectivity index (χ4v) is 8.02. The van der Waals surface area contributed by atoms with E-state index in [2.05, 4.69) is 0 Å². The van der Waals surface area contributed by atoms with Gasteiger partial charge in [0.15, 0.2) is 12.6 Å². The molecule has 9 atom stereocenters. The molecule has 8 rings (SSSR count). The van der Waals surface area contributed by atoms with Crippen LogP contribution in [0.5, 0.6) is 0 Å². The summed E-state index contributed by atoms with van der Waals surface area (Å²) in [7, 11) is 0. The van der Waals surface area contributed by atoms with Crippen molar-refractivity contribution < 1.29 is 47.7 Å². The third-order valence-corrected chi connectivity index (χ3v) is 11.4. The van der Waals surface area contributed by atoms with E-state index in [1.165, 1.54) is 0 Å². The lowest BCUT2D eigenvalue weighted by Crippen LogP contribution is -2.61. The van der Waals surface area contributed by atoms with Gasteiger partial charge in [-0.3, -0.25) is 0 Å². The van der Waals surface area contributed by atoms with Crippen molar-refractivity contribution in [1.29, 1.82) is 0 Å². The second-order valence-electron chi connectivity index (χ2n) is 16.1. The van der Waals surface area contributed by atoms with Gasteiger partial charge in [-0.05, 0) is 33.4 Å². The molecule has 0 spiro atoms. The highest BCUT2D eigenvalue weighted by atomic mass is 16.7. The number of ether oxygens (including phenoxy) is 9. The summed E-state index contributed by atoms with van der Waals surface area (Å²) >= 11 is 0. The largest absolute Gasteiger partial charge is 0.374 e. The summed E-state index contributed by atoms with van der Waals surface area (Å²) in [6, 6.07) is 59.9. The van der Waals surface area contributed by atoms with Crippen molar-refractivity contribution in [1.82, 2.24) is 0 Å². The van der Waals surface area contributed by atoms with Crippen LogP contribution in [0.15, 0.2) is 182 Å². The van der Waals surface area contributed by atoms with Gasteiger partial charge in [-0.25, -0.2) is 0 Å². The molecule has 0 amide bonds.